The summed E-state index contributed by atoms with van der Waals surface area (Å²) >= 11 is 0. The highest BCUT2D eigenvalue weighted by Crippen LogP contribution is 2.41. The minimum atomic E-state index is -0.440. The molecule has 1 fully saturated rings. The first kappa shape index (κ1) is 23.6. The Kier molecular flexibility index (Phi) is 7.19. The number of amides is 2. The summed E-state index contributed by atoms with van der Waals surface area (Å²) in [5.41, 5.74) is 4.60. The third kappa shape index (κ3) is 4.85. The summed E-state index contributed by atoms with van der Waals surface area (Å²) < 4.78 is 5.67. The van der Waals surface area contributed by atoms with E-state index in [-0.39, 0.29) is 24.4 Å². The summed E-state index contributed by atoms with van der Waals surface area (Å²) in [6.07, 6.45) is 5.11. The molecule has 6 nitrogen and oxygen atoms in total. The van der Waals surface area contributed by atoms with Gasteiger partial charge < -0.3 is 19.5 Å². The van der Waals surface area contributed by atoms with Gasteiger partial charge in [0.25, 0.3) is 0 Å². The number of H-pyrrole nitrogens is 1. The number of aromatic nitrogens is 1. The summed E-state index contributed by atoms with van der Waals surface area (Å²) in [4.78, 5) is 34.4. The first-order valence-corrected chi connectivity index (χ1v) is 13.0. The monoisotopic (exact) mass is 473 g/mol. The van der Waals surface area contributed by atoms with Crippen molar-refractivity contribution >= 4 is 22.7 Å². The highest BCUT2D eigenvalue weighted by atomic mass is 16.5. The molecule has 0 radical (unpaired) electrons. The molecule has 2 aromatic carbocycles. The summed E-state index contributed by atoms with van der Waals surface area (Å²) in [5, 5.41) is 1.16. The second kappa shape index (κ2) is 10.6. The molecule has 0 aliphatic carbocycles. The summed E-state index contributed by atoms with van der Waals surface area (Å²) in [6.45, 7) is 4.24. The van der Waals surface area contributed by atoms with Crippen molar-refractivity contribution in [2.45, 2.75) is 57.5 Å². The Morgan fingerprint density at radius 2 is 1.77 bits per heavy atom. The Labute approximate surface area is 207 Å². The van der Waals surface area contributed by atoms with Crippen LogP contribution in [0.5, 0.6) is 0 Å². The van der Waals surface area contributed by atoms with Crippen LogP contribution in [0.4, 0.5) is 0 Å². The minimum Gasteiger partial charge on any atom is -0.381 e. The van der Waals surface area contributed by atoms with Crippen LogP contribution < -0.4 is 0 Å². The van der Waals surface area contributed by atoms with Crippen molar-refractivity contribution in [3.8, 4) is 0 Å². The lowest BCUT2D eigenvalue weighted by Crippen LogP contribution is -2.63. The zero-order chi connectivity index (χ0) is 24.2. The Bertz CT molecular complexity index is 1170. The van der Waals surface area contributed by atoms with Gasteiger partial charge in [-0.15, -0.1) is 0 Å². The predicted octanol–water partition coefficient (Wildman–Crippen LogP) is 4.64. The van der Waals surface area contributed by atoms with E-state index in [2.05, 4.69) is 36.2 Å². The van der Waals surface area contributed by atoms with Crippen LogP contribution in [-0.2, 0) is 27.2 Å². The first-order valence-electron chi connectivity index (χ1n) is 13.0. The van der Waals surface area contributed by atoms with Gasteiger partial charge in [-0.3, -0.25) is 9.59 Å². The van der Waals surface area contributed by atoms with Gasteiger partial charge in [-0.2, -0.15) is 0 Å². The first-order chi connectivity index (χ1) is 17.2. The van der Waals surface area contributed by atoms with Crippen LogP contribution >= 0.6 is 0 Å². The van der Waals surface area contributed by atoms with Gasteiger partial charge in [0, 0.05) is 42.8 Å². The van der Waals surface area contributed by atoms with E-state index in [0.717, 1.165) is 55.3 Å². The molecule has 1 saturated heterocycles. The van der Waals surface area contributed by atoms with E-state index in [1.165, 1.54) is 11.1 Å². The fraction of sp³-hybridized carbons (Fsp3) is 0.448. The Morgan fingerprint density at radius 3 is 2.60 bits per heavy atom. The standard InChI is InChI=1S/C29H35N3O3/c1-2-3-17-35-18-9-16-31-20-27(33)32-25(15-14-21-10-5-4-6-11-21)28-23(19-26(32)29(31)34)22-12-7-8-13-24(22)30-28/h4-8,10-13,25-26,30H,2-3,9,14-20H2,1H3/t25?,26-/m0/s1. The van der Waals surface area contributed by atoms with Crippen molar-refractivity contribution in [1.29, 1.82) is 0 Å². The van der Waals surface area contributed by atoms with E-state index < -0.39 is 6.04 Å². The van der Waals surface area contributed by atoms with Crippen LogP contribution in [0.1, 0.15) is 55.5 Å². The van der Waals surface area contributed by atoms with E-state index in [4.69, 9.17) is 4.74 Å². The van der Waals surface area contributed by atoms with Gasteiger partial charge in [-0.05, 0) is 42.9 Å². The maximum atomic E-state index is 13.6. The number of rotatable bonds is 10. The molecule has 0 saturated carbocycles. The number of carbonyl (C=O) groups excluding carboxylic acids is 2. The number of hydrogen-bond donors (Lipinski definition) is 1. The minimum absolute atomic E-state index is 0.0452. The maximum Gasteiger partial charge on any atom is 0.246 e. The van der Waals surface area contributed by atoms with Crippen molar-refractivity contribution in [1.82, 2.24) is 14.8 Å². The average Bonchev–Trinajstić information content (AvgIpc) is 3.26. The Balaban J connectivity index is 1.38. The van der Waals surface area contributed by atoms with Crippen molar-refractivity contribution in [2.24, 2.45) is 0 Å². The summed E-state index contributed by atoms with van der Waals surface area (Å²) in [5.74, 6) is 0.114. The number of piperazine rings is 1. The lowest BCUT2D eigenvalue weighted by Gasteiger charge is -2.47. The van der Waals surface area contributed by atoms with Crippen LogP contribution in [0, 0.1) is 0 Å². The van der Waals surface area contributed by atoms with E-state index >= 15 is 0 Å². The second-order valence-electron chi connectivity index (χ2n) is 9.70. The van der Waals surface area contributed by atoms with E-state index in [0.29, 0.717) is 19.6 Å². The maximum absolute atomic E-state index is 13.6. The van der Waals surface area contributed by atoms with E-state index in [9.17, 15) is 9.59 Å². The number of ether oxygens (including phenoxy) is 1. The van der Waals surface area contributed by atoms with Crippen molar-refractivity contribution in [3.05, 3.63) is 71.4 Å². The molecule has 1 unspecified atom stereocenters. The summed E-state index contributed by atoms with van der Waals surface area (Å²) in [7, 11) is 0. The number of nitrogens with one attached hydrogen (secondary N) is 1. The molecule has 2 atom stereocenters. The zero-order valence-electron chi connectivity index (χ0n) is 20.5. The number of carbonyl (C=O) groups is 2. The van der Waals surface area contributed by atoms with Gasteiger partial charge in [-0.1, -0.05) is 61.9 Å². The Hall–Kier alpha value is -3.12. The fourth-order valence-corrected chi connectivity index (χ4v) is 5.59. The molecule has 1 aromatic heterocycles. The fourth-order valence-electron chi connectivity index (χ4n) is 5.59. The number of benzene rings is 2. The molecule has 184 valence electrons. The van der Waals surface area contributed by atoms with Gasteiger partial charge in [-0.25, -0.2) is 0 Å². The second-order valence-corrected chi connectivity index (χ2v) is 9.70. The van der Waals surface area contributed by atoms with Crippen molar-refractivity contribution in [3.63, 3.8) is 0 Å². The molecule has 1 N–H and O–H groups in total. The molecular formula is C29H35N3O3. The van der Waals surface area contributed by atoms with Gasteiger partial charge in [0.2, 0.25) is 11.8 Å². The number of nitrogens with zero attached hydrogens (tertiary/aromatic N) is 2. The molecule has 2 aliphatic heterocycles. The lowest BCUT2D eigenvalue weighted by atomic mass is 9.86. The van der Waals surface area contributed by atoms with Crippen molar-refractivity contribution in [2.75, 3.05) is 26.3 Å². The molecular weight excluding hydrogens is 438 g/mol. The number of fused-ring (bicyclic) bond motifs is 4. The number of aromatic amines is 1. The van der Waals surface area contributed by atoms with Crippen LogP contribution in [0.3, 0.4) is 0 Å². The Morgan fingerprint density at radius 1 is 1.00 bits per heavy atom. The number of hydrogen-bond acceptors (Lipinski definition) is 3. The van der Waals surface area contributed by atoms with E-state index in [1.54, 1.807) is 4.90 Å². The van der Waals surface area contributed by atoms with Crippen molar-refractivity contribution < 1.29 is 14.3 Å². The molecule has 2 amide bonds. The molecule has 2 aliphatic rings. The third-order valence-corrected chi connectivity index (χ3v) is 7.37. The largest absolute Gasteiger partial charge is 0.381 e. The van der Waals surface area contributed by atoms with Crippen LogP contribution in [0.2, 0.25) is 0 Å². The molecule has 0 spiro atoms. The third-order valence-electron chi connectivity index (χ3n) is 7.37. The highest BCUT2D eigenvalue weighted by Gasteiger charge is 2.47. The number of aryl methyl sites for hydroxylation is 1. The summed E-state index contributed by atoms with van der Waals surface area (Å²) in [6, 6.07) is 18.1. The smallest absolute Gasteiger partial charge is 0.246 e. The van der Waals surface area contributed by atoms with E-state index in [1.807, 2.05) is 35.2 Å². The van der Waals surface area contributed by atoms with Crippen LogP contribution in [0.25, 0.3) is 10.9 Å². The molecule has 3 aromatic rings. The number of para-hydroxylation sites is 1. The predicted molar refractivity (Wildman–Crippen MR) is 137 cm³/mol. The van der Waals surface area contributed by atoms with Crippen LogP contribution in [-0.4, -0.2) is 58.9 Å². The van der Waals surface area contributed by atoms with Gasteiger partial charge in [0.1, 0.15) is 6.04 Å². The van der Waals surface area contributed by atoms with Crippen LogP contribution in [0.15, 0.2) is 54.6 Å². The molecule has 0 bridgehead atoms. The number of unbranched alkanes of at least 4 members (excludes halogenated alkanes) is 1. The normalized spacial score (nSPS) is 19.8. The molecule has 35 heavy (non-hydrogen) atoms. The molecule has 6 heteroatoms. The SMILES string of the molecule is CCCCOCCCN1CC(=O)N2C(CCc3ccccc3)c3[nH]c4ccccc4c3C[C@H]2C1=O. The average molecular weight is 474 g/mol. The molecule has 5 rings (SSSR count). The lowest BCUT2D eigenvalue weighted by molar-refractivity contribution is -0.160. The van der Waals surface area contributed by atoms with Gasteiger partial charge >= 0.3 is 0 Å². The topological polar surface area (TPSA) is 65.6 Å². The van der Waals surface area contributed by atoms with Gasteiger partial charge in [0.15, 0.2) is 0 Å². The highest BCUT2D eigenvalue weighted by molar-refractivity contribution is 5.97. The zero-order valence-corrected chi connectivity index (χ0v) is 20.5. The van der Waals surface area contributed by atoms with Gasteiger partial charge in [0.05, 0.1) is 12.6 Å². The molecule has 3 heterocycles. The quantitative estimate of drug-likeness (QED) is 0.436.